The van der Waals surface area contributed by atoms with Crippen molar-refractivity contribution in [1.29, 1.82) is 0 Å². The summed E-state index contributed by atoms with van der Waals surface area (Å²) >= 11 is 0. The molecule has 5 rings (SSSR count). The number of hydrogen-bond acceptors (Lipinski definition) is 6. The predicted molar refractivity (Wildman–Crippen MR) is 113 cm³/mol. The van der Waals surface area contributed by atoms with Gasteiger partial charge in [-0.05, 0) is 86.0 Å². The number of aliphatic hydroxyl groups is 2. The van der Waals surface area contributed by atoms with Crippen molar-refractivity contribution in [2.75, 3.05) is 6.61 Å². The minimum atomic E-state index is -0.947. The molecule has 1 aliphatic heterocycles. The smallest absolute Gasteiger partial charge is 0.331 e. The largest absolute Gasteiger partial charge is 0.462 e. The lowest BCUT2D eigenvalue weighted by Gasteiger charge is -2.65. The van der Waals surface area contributed by atoms with Crippen LogP contribution in [0.5, 0.6) is 0 Å². The van der Waals surface area contributed by atoms with Gasteiger partial charge in [0.2, 0.25) is 0 Å². The maximum absolute atomic E-state index is 12.4. The van der Waals surface area contributed by atoms with Crippen molar-refractivity contribution in [1.82, 2.24) is 0 Å². The molecule has 1 heterocycles. The van der Waals surface area contributed by atoms with Crippen molar-refractivity contribution in [2.45, 2.75) is 89.9 Å². The fourth-order valence-corrected chi connectivity index (χ4v) is 8.71. The molecule has 0 aromatic carbocycles. The minimum Gasteiger partial charge on any atom is -0.462 e. The molecule has 0 unspecified atom stereocenters. The molecule has 0 radical (unpaired) electrons. The molecule has 0 saturated heterocycles. The van der Waals surface area contributed by atoms with E-state index in [0.717, 1.165) is 50.5 Å². The second kappa shape index (κ2) is 7.05. The zero-order valence-electron chi connectivity index (χ0n) is 18.9. The normalized spacial score (nSPS) is 51.3. The van der Waals surface area contributed by atoms with Crippen LogP contribution in [0.4, 0.5) is 0 Å². The molecule has 9 atom stereocenters. The molecular weight excluding hydrogens is 396 g/mol. The Bertz CT molecular complexity index is 821. The van der Waals surface area contributed by atoms with Gasteiger partial charge in [-0.15, -0.1) is 0 Å². The number of carbonyl (C=O) groups excluding carboxylic acids is 2. The quantitative estimate of drug-likeness (QED) is 0.651. The van der Waals surface area contributed by atoms with Crippen LogP contribution in [-0.4, -0.2) is 46.6 Å². The summed E-state index contributed by atoms with van der Waals surface area (Å²) in [6.45, 7) is 6.14. The van der Waals surface area contributed by atoms with Gasteiger partial charge in [0.25, 0.3) is 0 Å². The van der Waals surface area contributed by atoms with E-state index in [9.17, 15) is 19.8 Å². The Morgan fingerprint density at radius 2 is 1.90 bits per heavy atom. The van der Waals surface area contributed by atoms with E-state index in [0.29, 0.717) is 12.3 Å². The number of esters is 2. The molecule has 6 nitrogen and oxygen atoms in total. The molecule has 4 fully saturated rings. The first-order valence-corrected chi connectivity index (χ1v) is 12.0. The van der Waals surface area contributed by atoms with Crippen LogP contribution in [0.3, 0.4) is 0 Å². The molecule has 172 valence electrons. The summed E-state index contributed by atoms with van der Waals surface area (Å²) in [4.78, 5) is 24.0. The predicted octanol–water partition coefficient (Wildman–Crippen LogP) is 3.15. The van der Waals surface area contributed by atoms with Crippen LogP contribution in [0, 0.1) is 34.5 Å². The van der Waals surface area contributed by atoms with Crippen LogP contribution in [0.1, 0.15) is 72.1 Å². The fourth-order valence-electron chi connectivity index (χ4n) is 8.71. The van der Waals surface area contributed by atoms with E-state index >= 15 is 0 Å². The topological polar surface area (TPSA) is 93.1 Å². The summed E-state index contributed by atoms with van der Waals surface area (Å²) in [6.07, 6.45) is 7.69. The highest BCUT2D eigenvalue weighted by Crippen LogP contribution is 2.70. The molecule has 0 spiro atoms. The average Bonchev–Trinajstić information content (AvgIpc) is 3.24. The Kier molecular flexibility index (Phi) is 4.88. The number of hydrogen-bond donors (Lipinski definition) is 2. The maximum Gasteiger partial charge on any atom is 0.331 e. The summed E-state index contributed by atoms with van der Waals surface area (Å²) in [5, 5.41) is 22.7. The SMILES string of the molecule is CC(=O)O[C@@H]1C[C@H]2[C@@H](CC[C@@H]3C[C@@H](O)CC[C@@]32C)[C@@]2(O)CC[C@H](C3=CC(=O)OC3)[C@@]12C. The molecule has 4 aliphatic carbocycles. The Morgan fingerprint density at radius 3 is 2.58 bits per heavy atom. The standard InChI is InChI=1S/C25H36O6/c1-14(26)31-21-12-20-19(5-4-16-11-17(27)6-8-23(16,20)2)25(29)9-7-18(24(21,25)3)15-10-22(28)30-13-15/h10,16-21,27,29H,4-9,11-13H2,1-3H3/t16-,17+,18-,19-,20+,21-,23+,24+,25+/m1/s1. The third-order valence-electron chi connectivity index (χ3n) is 10.3. The molecule has 31 heavy (non-hydrogen) atoms. The number of cyclic esters (lactones) is 1. The van der Waals surface area contributed by atoms with Crippen LogP contribution in [-0.2, 0) is 19.1 Å². The number of rotatable bonds is 2. The third kappa shape index (κ3) is 2.90. The molecular formula is C25H36O6. The van der Waals surface area contributed by atoms with Crippen molar-refractivity contribution in [3.05, 3.63) is 11.6 Å². The number of ether oxygens (including phenoxy) is 2. The first-order valence-electron chi connectivity index (χ1n) is 12.0. The van der Waals surface area contributed by atoms with E-state index in [2.05, 4.69) is 13.8 Å². The lowest BCUT2D eigenvalue weighted by atomic mass is 9.42. The van der Waals surface area contributed by atoms with Crippen LogP contribution in [0.2, 0.25) is 0 Å². The molecule has 0 aromatic rings. The van der Waals surface area contributed by atoms with E-state index in [4.69, 9.17) is 9.47 Å². The Hall–Kier alpha value is -1.40. The van der Waals surface area contributed by atoms with Crippen LogP contribution in [0.15, 0.2) is 11.6 Å². The van der Waals surface area contributed by atoms with Crippen LogP contribution >= 0.6 is 0 Å². The summed E-state index contributed by atoms with van der Waals surface area (Å²) in [7, 11) is 0. The van der Waals surface area contributed by atoms with Crippen LogP contribution < -0.4 is 0 Å². The van der Waals surface area contributed by atoms with Gasteiger partial charge in [0.1, 0.15) is 12.7 Å². The summed E-state index contributed by atoms with van der Waals surface area (Å²) in [5.41, 5.74) is -0.616. The van der Waals surface area contributed by atoms with E-state index in [1.165, 1.54) is 6.92 Å². The van der Waals surface area contributed by atoms with Crippen molar-refractivity contribution in [3.8, 4) is 0 Å². The number of fused-ring (bicyclic) bond motifs is 5. The van der Waals surface area contributed by atoms with Gasteiger partial charge >= 0.3 is 11.9 Å². The van der Waals surface area contributed by atoms with Crippen molar-refractivity contribution in [2.24, 2.45) is 34.5 Å². The van der Waals surface area contributed by atoms with Gasteiger partial charge in [0, 0.05) is 18.4 Å². The van der Waals surface area contributed by atoms with E-state index in [-0.39, 0.29) is 47.8 Å². The first-order chi connectivity index (χ1) is 14.6. The summed E-state index contributed by atoms with van der Waals surface area (Å²) in [5.74, 6) is 0.180. The Labute approximate surface area is 184 Å². The third-order valence-corrected chi connectivity index (χ3v) is 10.3. The highest BCUT2D eigenvalue weighted by molar-refractivity contribution is 5.85. The van der Waals surface area contributed by atoms with E-state index in [1.807, 2.05) is 0 Å². The van der Waals surface area contributed by atoms with Crippen LogP contribution in [0.25, 0.3) is 0 Å². The molecule has 6 heteroatoms. The van der Waals surface area contributed by atoms with Gasteiger partial charge in [-0.25, -0.2) is 4.79 Å². The molecule has 0 bridgehead atoms. The van der Waals surface area contributed by atoms with Gasteiger partial charge < -0.3 is 19.7 Å². The molecule has 0 aromatic heterocycles. The second-order valence-corrected chi connectivity index (χ2v) is 11.4. The molecule has 0 amide bonds. The lowest BCUT2D eigenvalue weighted by molar-refractivity contribution is -0.250. The van der Waals surface area contributed by atoms with Crippen molar-refractivity contribution < 1.29 is 29.3 Å². The van der Waals surface area contributed by atoms with Gasteiger partial charge in [-0.1, -0.05) is 13.8 Å². The zero-order chi connectivity index (χ0) is 22.2. The van der Waals surface area contributed by atoms with Crippen molar-refractivity contribution in [3.63, 3.8) is 0 Å². The van der Waals surface area contributed by atoms with Gasteiger partial charge in [-0.3, -0.25) is 4.79 Å². The van der Waals surface area contributed by atoms with E-state index in [1.54, 1.807) is 6.08 Å². The summed E-state index contributed by atoms with van der Waals surface area (Å²) < 4.78 is 11.2. The highest BCUT2D eigenvalue weighted by atomic mass is 16.5. The first kappa shape index (κ1) is 21.4. The van der Waals surface area contributed by atoms with Gasteiger partial charge in [0.15, 0.2) is 0 Å². The van der Waals surface area contributed by atoms with E-state index < -0.39 is 17.1 Å². The molecule has 2 N–H and O–H groups in total. The Balaban J connectivity index is 1.56. The zero-order valence-corrected chi connectivity index (χ0v) is 18.9. The summed E-state index contributed by atoms with van der Waals surface area (Å²) in [6, 6.07) is 0. The molecule has 4 saturated carbocycles. The lowest BCUT2D eigenvalue weighted by Crippen LogP contribution is -2.67. The molecule has 5 aliphatic rings. The second-order valence-electron chi connectivity index (χ2n) is 11.4. The van der Waals surface area contributed by atoms with Gasteiger partial charge in [-0.2, -0.15) is 0 Å². The monoisotopic (exact) mass is 432 g/mol. The van der Waals surface area contributed by atoms with Gasteiger partial charge in [0.05, 0.1) is 11.7 Å². The maximum atomic E-state index is 12.4. The highest BCUT2D eigenvalue weighted by Gasteiger charge is 2.71. The van der Waals surface area contributed by atoms with Crippen molar-refractivity contribution >= 4 is 11.9 Å². The average molecular weight is 433 g/mol. The number of carbonyl (C=O) groups is 2. The fraction of sp³-hybridized carbons (Fsp3) is 0.840. The number of aliphatic hydroxyl groups excluding tert-OH is 1. The minimum absolute atomic E-state index is 0.0343. The Morgan fingerprint density at radius 1 is 1.13 bits per heavy atom.